The van der Waals surface area contributed by atoms with Crippen molar-refractivity contribution in [3.63, 3.8) is 0 Å². The fourth-order valence-electron chi connectivity index (χ4n) is 2.77. The highest BCUT2D eigenvalue weighted by Crippen LogP contribution is 2.20. The van der Waals surface area contributed by atoms with Crippen LogP contribution in [0.1, 0.15) is 17.7 Å². The van der Waals surface area contributed by atoms with Crippen LogP contribution in [0.5, 0.6) is 11.6 Å². The third-order valence-electron chi connectivity index (χ3n) is 4.04. The van der Waals surface area contributed by atoms with Gasteiger partial charge in [0.25, 0.3) is 5.88 Å². The number of benzene rings is 1. The van der Waals surface area contributed by atoms with Crippen molar-refractivity contribution in [1.82, 2.24) is 14.9 Å². The van der Waals surface area contributed by atoms with Crippen LogP contribution in [0.3, 0.4) is 0 Å². The maximum absolute atomic E-state index is 12.5. The standard InChI is InChI=1S/C18H18N4O3/c1-24-14-4-2-3-13(9-14)10-17(23)22-8-5-15(12-22)25-18-16(11-19)20-6-7-21-18/h2-4,6-7,9,15H,5,8,10,12H2,1H3. The molecular weight excluding hydrogens is 320 g/mol. The summed E-state index contributed by atoms with van der Waals surface area (Å²) < 4.78 is 10.9. The first-order valence-electron chi connectivity index (χ1n) is 7.98. The van der Waals surface area contributed by atoms with Crippen LogP contribution in [0, 0.1) is 11.3 Å². The number of carbonyl (C=O) groups excluding carboxylic acids is 1. The molecule has 3 rings (SSSR count). The fraction of sp³-hybridized carbons (Fsp3) is 0.333. The number of hydrogen-bond donors (Lipinski definition) is 0. The molecule has 128 valence electrons. The summed E-state index contributed by atoms with van der Waals surface area (Å²) in [5, 5.41) is 9.03. The molecule has 7 heteroatoms. The number of ether oxygens (including phenoxy) is 2. The molecule has 2 aromatic rings. The van der Waals surface area contributed by atoms with E-state index >= 15 is 0 Å². The summed E-state index contributed by atoms with van der Waals surface area (Å²) >= 11 is 0. The van der Waals surface area contributed by atoms with Crippen molar-refractivity contribution in [1.29, 1.82) is 5.26 Å². The third kappa shape index (κ3) is 4.04. The number of nitriles is 1. The number of carbonyl (C=O) groups is 1. The van der Waals surface area contributed by atoms with Gasteiger partial charge in [0.1, 0.15) is 17.9 Å². The molecule has 0 bridgehead atoms. The van der Waals surface area contributed by atoms with Gasteiger partial charge < -0.3 is 14.4 Å². The zero-order chi connectivity index (χ0) is 17.6. The van der Waals surface area contributed by atoms with Crippen molar-refractivity contribution in [2.45, 2.75) is 18.9 Å². The topological polar surface area (TPSA) is 88.3 Å². The minimum absolute atomic E-state index is 0.0407. The van der Waals surface area contributed by atoms with Gasteiger partial charge in [0.05, 0.1) is 20.1 Å². The lowest BCUT2D eigenvalue weighted by molar-refractivity contribution is -0.129. The maximum atomic E-state index is 12.5. The highest BCUT2D eigenvalue weighted by atomic mass is 16.5. The third-order valence-corrected chi connectivity index (χ3v) is 4.04. The Bertz CT molecular complexity index is 803. The van der Waals surface area contributed by atoms with Crippen LogP contribution in [-0.4, -0.2) is 47.1 Å². The minimum atomic E-state index is -0.182. The molecule has 1 aromatic carbocycles. The second-order valence-electron chi connectivity index (χ2n) is 5.72. The Hall–Kier alpha value is -3.14. The van der Waals surface area contributed by atoms with Crippen LogP contribution in [0.25, 0.3) is 0 Å². The van der Waals surface area contributed by atoms with Gasteiger partial charge in [0.2, 0.25) is 11.6 Å². The summed E-state index contributed by atoms with van der Waals surface area (Å²) in [5.74, 6) is 0.996. The molecule has 25 heavy (non-hydrogen) atoms. The van der Waals surface area contributed by atoms with E-state index in [1.807, 2.05) is 30.3 Å². The first-order chi connectivity index (χ1) is 12.2. The number of rotatable bonds is 5. The number of aromatic nitrogens is 2. The lowest BCUT2D eigenvalue weighted by Gasteiger charge is -2.17. The molecular formula is C18H18N4O3. The Kier molecular flexibility index (Phi) is 5.09. The second-order valence-corrected chi connectivity index (χ2v) is 5.72. The molecule has 1 saturated heterocycles. The summed E-state index contributed by atoms with van der Waals surface area (Å²) in [4.78, 5) is 22.2. The average Bonchev–Trinajstić information content (AvgIpc) is 3.11. The molecule has 1 unspecified atom stereocenters. The van der Waals surface area contributed by atoms with E-state index in [1.165, 1.54) is 12.4 Å². The molecule has 1 aliphatic rings. The molecule has 1 atom stereocenters. The van der Waals surface area contributed by atoms with Crippen LogP contribution < -0.4 is 9.47 Å². The van der Waals surface area contributed by atoms with E-state index < -0.39 is 0 Å². The van der Waals surface area contributed by atoms with Crippen LogP contribution in [0.15, 0.2) is 36.7 Å². The number of methoxy groups -OCH3 is 1. The van der Waals surface area contributed by atoms with E-state index in [4.69, 9.17) is 14.7 Å². The number of hydrogen-bond acceptors (Lipinski definition) is 6. The van der Waals surface area contributed by atoms with Gasteiger partial charge in [-0.05, 0) is 17.7 Å². The highest BCUT2D eigenvalue weighted by molar-refractivity contribution is 5.79. The zero-order valence-corrected chi connectivity index (χ0v) is 13.9. The lowest BCUT2D eigenvalue weighted by atomic mass is 10.1. The molecule has 7 nitrogen and oxygen atoms in total. The largest absolute Gasteiger partial charge is 0.497 e. The van der Waals surface area contributed by atoms with Crippen molar-refractivity contribution < 1.29 is 14.3 Å². The van der Waals surface area contributed by atoms with Gasteiger partial charge in [0.15, 0.2) is 0 Å². The monoisotopic (exact) mass is 338 g/mol. The molecule has 0 radical (unpaired) electrons. The quantitative estimate of drug-likeness (QED) is 0.822. The van der Waals surface area contributed by atoms with E-state index in [-0.39, 0.29) is 23.6 Å². The SMILES string of the molecule is COc1cccc(CC(=O)N2CCC(Oc3nccnc3C#N)C2)c1. The molecule has 1 amide bonds. The molecule has 0 N–H and O–H groups in total. The first-order valence-corrected chi connectivity index (χ1v) is 7.98. The van der Waals surface area contributed by atoms with E-state index in [9.17, 15) is 4.79 Å². The van der Waals surface area contributed by atoms with Gasteiger partial charge in [-0.2, -0.15) is 5.26 Å². The van der Waals surface area contributed by atoms with Gasteiger partial charge in [-0.25, -0.2) is 9.97 Å². The number of nitrogens with zero attached hydrogens (tertiary/aromatic N) is 4. The summed E-state index contributed by atoms with van der Waals surface area (Å²) in [6.07, 6.45) is 3.77. The van der Waals surface area contributed by atoms with E-state index in [0.29, 0.717) is 25.9 Å². The predicted molar refractivity (Wildman–Crippen MR) is 89.1 cm³/mol. The smallest absolute Gasteiger partial charge is 0.251 e. The van der Waals surface area contributed by atoms with Gasteiger partial charge in [-0.3, -0.25) is 4.79 Å². The van der Waals surface area contributed by atoms with Crippen LogP contribution in [0.2, 0.25) is 0 Å². The lowest BCUT2D eigenvalue weighted by Crippen LogP contribution is -2.32. The Labute approximate surface area is 145 Å². The first kappa shape index (κ1) is 16.7. The second kappa shape index (κ2) is 7.62. The van der Waals surface area contributed by atoms with Crippen LogP contribution >= 0.6 is 0 Å². The molecule has 1 fully saturated rings. The molecule has 0 aliphatic carbocycles. The van der Waals surface area contributed by atoms with E-state index in [0.717, 1.165) is 11.3 Å². The van der Waals surface area contributed by atoms with Crippen molar-refractivity contribution in [3.8, 4) is 17.7 Å². The summed E-state index contributed by atoms with van der Waals surface area (Å²) in [6.45, 7) is 1.10. The molecule has 0 spiro atoms. The zero-order valence-electron chi connectivity index (χ0n) is 13.9. The summed E-state index contributed by atoms with van der Waals surface area (Å²) in [6, 6.07) is 9.44. The van der Waals surface area contributed by atoms with Crippen molar-refractivity contribution in [2.75, 3.05) is 20.2 Å². The molecule has 2 heterocycles. The average molecular weight is 338 g/mol. The van der Waals surface area contributed by atoms with Crippen molar-refractivity contribution in [2.24, 2.45) is 0 Å². The Morgan fingerprint density at radius 1 is 1.40 bits per heavy atom. The number of likely N-dealkylation sites (tertiary alicyclic amines) is 1. The maximum Gasteiger partial charge on any atom is 0.251 e. The summed E-state index contributed by atoms with van der Waals surface area (Å²) in [5.41, 5.74) is 1.07. The van der Waals surface area contributed by atoms with Gasteiger partial charge >= 0.3 is 0 Å². The van der Waals surface area contributed by atoms with Gasteiger partial charge in [-0.1, -0.05) is 12.1 Å². The van der Waals surface area contributed by atoms with E-state index in [1.54, 1.807) is 12.0 Å². The van der Waals surface area contributed by atoms with Gasteiger partial charge in [0, 0.05) is 25.4 Å². The van der Waals surface area contributed by atoms with Crippen LogP contribution in [0.4, 0.5) is 0 Å². The normalized spacial score (nSPS) is 16.3. The molecule has 1 aliphatic heterocycles. The highest BCUT2D eigenvalue weighted by Gasteiger charge is 2.28. The Balaban J connectivity index is 1.58. The number of amides is 1. The summed E-state index contributed by atoms with van der Waals surface area (Å²) in [7, 11) is 1.60. The van der Waals surface area contributed by atoms with Crippen molar-refractivity contribution >= 4 is 5.91 Å². The minimum Gasteiger partial charge on any atom is -0.497 e. The Morgan fingerprint density at radius 3 is 3.04 bits per heavy atom. The van der Waals surface area contributed by atoms with Gasteiger partial charge in [-0.15, -0.1) is 0 Å². The van der Waals surface area contributed by atoms with E-state index in [2.05, 4.69) is 9.97 Å². The molecule has 1 aromatic heterocycles. The predicted octanol–water partition coefficient (Wildman–Crippen LogP) is 1.58. The fourth-order valence-corrected chi connectivity index (χ4v) is 2.77. The van der Waals surface area contributed by atoms with Crippen LogP contribution in [-0.2, 0) is 11.2 Å². The van der Waals surface area contributed by atoms with Crippen molar-refractivity contribution in [3.05, 3.63) is 47.9 Å². The Morgan fingerprint density at radius 2 is 2.24 bits per heavy atom. The molecule has 0 saturated carbocycles.